The third-order valence-corrected chi connectivity index (χ3v) is 4.16. The van der Waals surface area contributed by atoms with Crippen LogP contribution in [0.1, 0.15) is 23.3 Å². The van der Waals surface area contributed by atoms with Gasteiger partial charge in [-0.15, -0.1) is 0 Å². The van der Waals surface area contributed by atoms with Gasteiger partial charge in [0, 0.05) is 11.7 Å². The van der Waals surface area contributed by atoms with Crippen molar-refractivity contribution < 1.29 is 9.53 Å². The van der Waals surface area contributed by atoms with E-state index in [-0.39, 0.29) is 18.0 Å². The molecular weight excluding hydrogens is 336 g/mol. The molecule has 128 valence electrons. The highest BCUT2D eigenvalue weighted by atomic mass is 32.1. The molecule has 1 fully saturated rings. The molecule has 7 heteroatoms. The van der Waals surface area contributed by atoms with Crippen molar-refractivity contribution >= 4 is 34.7 Å². The number of hydrogen-bond acceptors (Lipinski definition) is 6. The number of methoxy groups -OCH3 is 1. The first kappa shape index (κ1) is 17.1. The number of rotatable bonds is 6. The van der Waals surface area contributed by atoms with E-state index in [9.17, 15) is 4.79 Å². The standard InChI is InChI=1S/C18H18N4O2S/c1-24-16-5-2-12(3-6-16)21-13-4-7-17(19-10-13)18(23)22-15-8-14(9-15)20-11-25/h2-7,10,14-15,21H,8-9H2,1H3,(H,22,23)/t14-,15+. The maximum atomic E-state index is 12.2. The Kier molecular flexibility index (Phi) is 5.38. The number of nitrogens with zero attached hydrogens (tertiary/aromatic N) is 2. The van der Waals surface area contributed by atoms with Gasteiger partial charge in [-0.2, -0.15) is 0 Å². The van der Waals surface area contributed by atoms with Gasteiger partial charge >= 0.3 is 0 Å². The fraction of sp³-hybridized carbons (Fsp3) is 0.278. The zero-order valence-electron chi connectivity index (χ0n) is 13.7. The van der Waals surface area contributed by atoms with E-state index in [4.69, 9.17) is 4.74 Å². The Bertz CT molecular complexity index is 780. The molecule has 1 aliphatic rings. The molecule has 0 saturated heterocycles. The van der Waals surface area contributed by atoms with Gasteiger partial charge < -0.3 is 15.4 Å². The number of amides is 1. The minimum Gasteiger partial charge on any atom is -0.497 e. The van der Waals surface area contributed by atoms with Crippen molar-refractivity contribution in [2.24, 2.45) is 4.99 Å². The van der Waals surface area contributed by atoms with Gasteiger partial charge in [0.15, 0.2) is 0 Å². The summed E-state index contributed by atoms with van der Waals surface area (Å²) in [6.45, 7) is 0. The van der Waals surface area contributed by atoms with Gasteiger partial charge in [0.05, 0.1) is 30.2 Å². The fourth-order valence-corrected chi connectivity index (χ4v) is 2.74. The van der Waals surface area contributed by atoms with Crippen LogP contribution in [0.25, 0.3) is 0 Å². The molecule has 0 aliphatic heterocycles. The molecule has 1 aromatic heterocycles. The van der Waals surface area contributed by atoms with Gasteiger partial charge in [-0.1, -0.05) is 0 Å². The molecule has 0 bridgehead atoms. The molecule has 1 saturated carbocycles. The molecule has 6 nitrogen and oxygen atoms in total. The third kappa shape index (κ3) is 4.41. The Balaban J connectivity index is 1.54. The Hall–Kier alpha value is -2.76. The van der Waals surface area contributed by atoms with Crippen molar-refractivity contribution in [3.8, 4) is 5.75 Å². The molecule has 0 spiro atoms. The third-order valence-electron chi connectivity index (χ3n) is 4.06. The summed E-state index contributed by atoms with van der Waals surface area (Å²) in [5, 5.41) is 8.55. The molecule has 0 unspecified atom stereocenters. The number of aromatic nitrogens is 1. The van der Waals surface area contributed by atoms with Crippen LogP contribution in [-0.4, -0.2) is 35.2 Å². The van der Waals surface area contributed by atoms with Crippen molar-refractivity contribution in [2.75, 3.05) is 12.4 Å². The van der Waals surface area contributed by atoms with E-state index in [1.165, 1.54) is 0 Å². The van der Waals surface area contributed by atoms with E-state index in [0.29, 0.717) is 5.69 Å². The molecule has 1 aromatic carbocycles. The maximum absolute atomic E-state index is 12.2. The first-order valence-corrected chi connectivity index (χ1v) is 8.33. The summed E-state index contributed by atoms with van der Waals surface area (Å²) in [5.41, 5.74) is 2.11. The second kappa shape index (κ2) is 7.88. The summed E-state index contributed by atoms with van der Waals surface area (Å²) in [4.78, 5) is 20.4. The number of thiocarbonyl (C=S) groups is 1. The Morgan fingerprint density at radius 1 is 1.24 bits per heavy atom. The lowest BCUT2D eigenvalue weighted by atomic mass is 9.87. The maximum Gasteiger partial charge on any atom is 0.270 e. The number of anilines is 2. The summed E-state index contributed by atoms with van der Waals surface area (Å²) in [5.74, 6) is 0.621. The zero-order chi connectivity index (χ0) is 17.6. The quantitative estimate of drug-likeness (QED) is 0.615. The average Bonchev–Trinajstić information content (AvgIpc) is 2.61. The highest BCUT2D eigenvalue weighted by Crippen LogP contribution is 2.23. The summed E-state index contributed by atoms with van der Waals surface area (Å²) in [6.07, 6.45) is 3.23. The largest absolute Gasteiger partial charge is 0.497 e. The van der Waals surface area contributed by atoms with E-state index in [0.717, 1.165) is 30.0 Å². The summed E-state index contributed by atoms with van der Waals surface area (Å²) >= 11 is 4.58. The lowest BCUT2D eigenvalue weighted by Gasteiger charge is -2.32. The zero-order valence-corrected chi connectivity index (χ0v) is 14.5. The molecule has 1 aliphatic carbocycles. The molecule has 2 N–H and O–H groups in total. The number of aliphatic imine (C=N–C) groups is 1. The smallest absolute Gasteiger partial charge is 0.270 e. The van der Waals surface area contributed by atoms with Gasteiger partial charge in [0.1, 0.15) is 11.4 Å². The van der Waals surface area contributed by atoms with E-state index in [1.807, 2.05) is 30.3 Å². The number of hydrogen-bond donors (Lipinski definition) is 2. The van der Waals surface area contributed by atoms with Crippen LogP contribution >= 0.6 is 12.2 Å². The summed E-state index contributed by atoms with van der Waals surface area (Å²) < 4.78 is 5.13. The van der Waals surface area contributed by atoms with Crippen molar-refractivity contribution in [3.05, 3.63) is 48.3 Å². The monoisotopic (exact) mass is 354 g/mol. The molecule has 1 heterocycles. The van der Waals surface area contributed by atoms with Gasteiger partial charge in [-0.3, -0.25) is 4.79 Å². The number of carbonyl (C=O) groups excluding carboxylic acids is 1. The predicted octanol–water partition coefficient (Wildman–Crippen LogP) is 3.20. The van der Waals surface area contributed by atoms with Gasteiger partial charge in [0.2, 0.25) is 0 Å². The van der Waals surface area contributed by atoms with Gasteiger partial charge in [-0.05, 0) is 61.5 Å². The van der Waals surface area contributed by atoms with Gasteiger partial charge in [0.25, 0.3) is 5.91 Å². The first-order valence-electron chi connectivity index (χ1n) is 7.93. The van der Waals surface area contributed by atoms with Crippen molar-refractivity contribution in [3.63, 3.8) is 0 Å². The van der Waals surface area contributed by atoms with Crippen LogP contribution in [0.2, 0.25) is 0 Å². The summed E-state index contributed by atoms with van der Waals surface area (Å²) in [7, 11) is 1.63. The van der Waals surface area contributed by atoms with Crippen molar-refractivity contribution in [1.29, 1.82) is 0 Å². The Labute approximate surface area is 151 Å². The van der Waals surface area contributed by atoms with E-state index >= 15 is 0 Å². The second-order valence-electron chi connectivity index (χ2n) is 5.80. The normalized spacial score (nSPS) is 18.4. The number of carbonyl (C=O) groups is 1. The minimum absolute atomic E-state index is 0.128. The van der Waals surface area contributed by atoms with E-state index in [2.05, 4.69) is 38.0 Å². The van der Waals surface area contributed by atoms with Crippen molar-refractivity contribution in [1.82, 2.24) is 10.3 Å². The number of ether oxygens (including phenoxy) is 1. The fourth-order valence-electron chi connectivity index (χ4n) is 2.59. The molecule has 2 aromatic rings. The van der Waals surface area contributed by atoms with Crippen LogP contribution in [0.3, 0.4) is 0 Å². The van der Waals surface area contributed by atoms with E-state index < -0.39 is 0 Å². The Morgan fingerprint density at radius 3 is 2.56 bits per heavy atom. The molecule has 3 rings (SSSR count). The van der Waals surface area contributed by atoms with Crippen LogP contribution in [-0.2, 0) is 0 Å². The SMILES string of the molecule is COc1ccc(Nc2ccc(C(=O)N[C@H]3C[C@@H](N=C=S)C3)nc2)cc1. The van der Waals surface area contributed by atoms with Crippen LogP contribution in [0, 0.1) is 0 Å². The van der Waals surface area contributed by atoms with Crippen LogP contribution < -0.4 is 15.4 Å². The molecule has 25 heavy (non-hydrogen) atoms. The second-order valence-corrected chi connectivity index (χ2v) is 5.98. The molecule has 0 atom stereocenters. The van der Waals surface area contributed by atoms with Gasteiger partial charge in [-0.25, -0.2) is 9.98 Å². The highest BCUT2D eigenvalue weighted by Gasteiger charge is 2.30. The summed E-state index contributed by atoms with van der Waals surface area (Å²) in [6, 6.07) is 11.4. The minimum atomic E-state index is -0.175. The molecular formula is C18H18N4O2S. The number of isothiocyanates is 1. The first-order chi connectivity index (χ1) is 12.2. The molecule has 0 radical (unpaired) electrons. The molecule has 1 amide bonds. The average molecular weight is 354 g/mol. The van der Waals surface area contributed by atoms with Crippen LogP contribution in [0.15, 0.2) is 47.6 Å². The lowest BCUT2D eigenvalue weighted by Crippen LogP contribution is -2.46. The number of nitrogens with one attached hydrogen (secondary N) is 2. The number of pyridine rings is 1. The van der Waals surface area contributed by atoms with E-state index in [1.54, 1.807) is 19.4 Å². The lowest BCUT2D eigenvalue weighted by molar-refractivity contribution is 0.0905. The van der Waals surface area contributed by atoms with Crippen LogP contribution in [0.4, 0.5) is 11.4 Å². The highest BCUT2D eigenvalue weighted by molar-refractivity contribution is 7.78. The number of benzene rings is 1. The predicted molar refractivity (Wildman–Crippen MR) is 99.8 cm³/mol. The topological polar surface area (TPSA) is 75.6 Å². The van der Waals surface area contributed by atoms with Crippen LogP contribution in [0.5, 0.6) is 5.75 Å². The van der Waals surface area contributed by atoms with Crippen molar-refractivity contribution in [2.45, 2.75) is 24.9 Å². The Morgan fingerprint density at radius 2 is 1.96 bits per heavy atom.